The van der Waals surface area contributed by atoms with E-state index in [9.17, 15) is 0 Å². The maximum Gasteiger partial charge on any atom is 0.0972 e. The van der Waals surface area contributed by atoms with E-state index in [1.54, 1.807) is 0 Å². The van der Waals surface area contributed by atoms with Gasteiger partial charge in [-0.1, -0.05) is 78.9 Å². The van der Waals surface area contributed by atoms with Crippen LogP contribution in [0.1, 0.15) is 22.7 Å². The molecule has 7 aromatic rings. The number of pyridine rings is 3. The van der Waals surface area contributed by atoms with Gasteiger partial charge in [0.05, 0.1) is 34.0 Å². The lowest BCUT2D eigenvalue weighted by atomic mass is 9.90. The standard InChI is InChI=1S/C36H26N4/c1-22-29(32-18-15-27-11-10-25-6-4-20-38-35(25)36(27)40(32)2)16-13-23-7-12-28(21-30(22)23)31-17-14-26-9-8-24-5-3-19-37-33(24)34(26)39-31/h3-21,32H,1-2H3. The third kappa shape index (κ3) is 3.43. The molecule has 1 aliphatic rings. The van der Waals surface area contributed by atoms with Gasteiger partial charge in [0, 0.05) is 41.2 Å². The summed E-state index contributed by atoms with van der Waals surface area (Å²) < 4.78 is 0. The third-order valence-corrected chi connectivity index (χ3v) is 8.39. The number of benzene rings is 4. The second-order valence-corrected chi connectivity index (χ2v) is 10.6. The van der Waals surface area contributed by atoms with E-state index in [0.29, 0.717) is 0 Å². The van der Waals surface area contributed by atoms with Gasteiger partial charge in [-0.25, -0.2) is 4.98 Å². The van der Waals surface area contributed by atoms with Crippen molar-refractivity contribution in [2.45, 2.75) is 13.0 Å². The molecule has 0 saturated heterocycles. The summed E-state index contributed by atoms with van der Waals surface area (Å²) in [6.45, 7) is 2.24. The molecule has 8 rings (SSSR count). The van der Waals surface area contributed by atoms with Crippen molar-refractivity contribution in [2.24, 2.45) is 0 Å². The Morgan fingerprint density at radius 1 is 0.675 bits per heavy atom. The molecule has 4 aromatic carbocycles. The van der Waals surface area contributed by atoms with Gasteiger partial charge in [0.15, 0.2) is 0 Å². The fraction of sp³-hybridized carbons (Fsp3) is 0.0833. The van der Waals surface area contributed by atoms with Crippen molar-refractivity contribution in [1.29, 1.82) is 0 Å². The SMILES string of the molecule is Cc1c(C2C=Cc3ccc4cccnc4c3N2C)ccc2ccc(-c3ccc4ccc5cccnc5c4n3)cc12. The normalized spacial score (nSPS) is 14.8. The van der Waals surface area contributed by atoms with Crippen LogP contribution >= 0.6 is 0 Å². The van der Waals surface area contributed by atoms with Crippen LogP contribution in [-0.2, 0) is 0 Å². The van der Waals surface area contributed by atoms with Crippen molar-refractivity contribution in [3.8, 4) is 11.3 Å². The molecule has 40 heavy (non-hydrogen) atoms. The lowest BCUT2D eigenvalue weighted by molar-refractivity contribution is 0.802. The lowest BCUT2D eigenvalue weighted by Gasteiger charge is -2.34. The monoisotopic (exact) mass is 514 g/mol. The van der Waals surface area contributed by atoms with E-state index in [4.69, 9.17) is 9.97 Å². The summed E-state index contributed by atoms with van der Waals surface area (Å²) in [5.41, 5.74) is 9.95. The summed E-state index contributed by atoms with van der Waals surface area (Å²) in [6, 6.07) is 32.3. The first-order valence-corrected chi connectivity index (χ1v) is 13.6. The number of aromatic nitrogens is 3. The molecule has 1 atom stereocenters. The van der Waals surface area contributed by atoms with E-state index < -0.39 is 0 Å². The predicted octanol–water partition coefficient (Wildman–Crippen LogP) is 8.66. The zero-order valence-electron chi connectivity index (χ0n) is 22.3. The number of anilines is 1. The summed E-state index contributed by atoms with van der Waals surface area (Å²) in [7, 11) is 2.18. The number of rotatable bonds is 2. The van der Waals surface area contributed by atoms with Crippen LogP contribution in [0.5, 0.6) is 0 Å². The molecule has 0 spiro atoms. The Morgan fingerprint density at radius 2 is 1.35 bits per heavy atom. The fourth-order valence-electron chi connectivity index (χ4n) is 6.28. The van der Waals surface area contributed by atoms with Crippen LogP contribution in [0.25, 0.3) is 60.8 Å². The van der Waals surface area contributed by atoms with Crippen molar-refractivity contribution in [1.82, 2.24) is 15.0 Å². The average molecular weight is 515 g/mol. The minimum absolute atomic E-state index is 0.115. The van der Waals surface area contributed by atoms with Crippen molar-refractivity contribution >= 4 is 55.2 Å². The Bertz CT molecular complexity index is 2160. The number of hydrogen-bond acceptors (Lipinski definition) is 4. The highest BCUT2D eigenvalue weighted by Crippen LogP contribution is 2.41. The molecule has 0 amide bonds. The molecular formula is C36H26N4. The van der Waals surface area contributed by atoms with Crippen LogP contribution in [0.3, 0.4) is 0 Å². The summed E-state index contributed by atoms with van der Waals surface area (Å²) in [6.07, 6.45) is 8.26. The van der Waals surface area contributed by atoms with Gasteiger partial charge in [0.2, 0.25) is 0 Å². The Labute approximate surface area is 232 Å². The molecule has 190 valence electrons. The Morgan fingerprint density at radius 3 is 2.20 bits per heavy atom. The molecule has 3 aromatic heterocycles. The first kappa shape index (κ1) is 22.9. The molecule has 4 nitrogen and oxygen atoms in total. The van der Waals surface area contributed by atoms with Crippen molar-refractivity contribution in [3.63, 3.8) is 0 Å². The summed E-state index contributed by atoms with van der Waals surface area (Å²) >= 11 is 0. The number of fused-ring (bicyclic) bond motifs is 7. The molecule has 0 fully saturated rings. The minimum atomic E-state index is 0.115. The molecule has 0 radical (unpaired) electrons. The van der Waals surface area contributed by atoms with Gasteiger partial charge >= 0.3 is 0 Å². The van der Waals surface area contributed by atoms with Crippen molar-refractivity contribution in [3.05, 3.63) is 126 Å². The van der Waals surface area contributed by atoms with Gasteiger partial charge < -0.3 is 4.90 Å². The second-order valence-electron chi connectivity index (χ2n) is 10.6. The predicted molar refractivity (Wildman–Crippen MR) is 167 cm³/mol. The van der Waals surface area contributed by atoms with Crippen molar-refractivity contribution < 1.29 is 0 Å². The summed E-state index contributed by atoms with van der Waals surface area (Å²) in [5, 5.41) is 5.84. The number of aryl methyl sites for hydroxylation is 1. The highest BCUT2D eigenvalue weighted by atomic mass is 15.1. The van der Waals surface area contributed by atoms with E-state index >= 15 is 0 Å². The topological polar surface area (TPSA) is 41.9 Å². The summed E-state index contributed by atoms with van der Waals surface area (Å²) in [4.78, 5) is 16.8. The zero-order chi connectivity index (χ0) is 26.8. The third-order valence-electron chi connectivity index (χ3n) is 8.39. The molecular weight excluding hydrogens is 488 g/mol. The minimum Gasteiger partial charge on any atom is -0.362 e. The maximum absolute atomic E-state index is 5.10. The highest BCUT2D eigenvalue weighted by molar-refractivity contribution is 6.03. The van der Waals surface area contributed by atoms with Gasteiger partial charge in [-0.3, -0.25) is 9.97 Å². The molecule has 4 heterocycles. The first-order chi connectivity index (χ1) is 19.7. The maximum atomic E-state index is 5.10. The van der Waals surface area contributed by atoms with Gasteiger partial charge in [0.1, 0.15) is 0 Å². The molecule has 1 aliphatic heterocycles. The van der Waals surface area contributed by atoms with E-state index in [1.165, 1.54) is 33.2 Å². The van der Waals surface area contributed by atoms with Gasteiger partial charge in [-0.2, -0.15) is 0 Å². The second kappa shape index (κ2) is 8.72. The smallest absolute Gasteiger partial charge is 0.0972 e. The molecule has 4 heteroatoms. The van der Waals surface area contributed by atoms with Crippen LogP contribution in [-0.4, -0.2) is 22.0 Å². The van der Waals surface area contributed by atoms with E-state index in [2.05, 4.69) is 115 Å². The zero-order valence-corrected chi connectivity index (χ0v) is 22.3. The Hall–Kier alpha value is -5.09. The van der Waals surface area contributed by atoms with Crippen LogP contribution in [0.2, 0.25) is 0 Å². The van der Waals surface area contributed by atoms with E-state index in [-0.39, 0.29) is 6.04 Å². The summed E-state index contributed by atoms with van der Waals surface area (Å²) in [5.74, 6) is 0. The molecule has 1 unspecified atom stereocenters. The van der Waals surface area contributed by atoms with Crippen LogP contribution in [0.15, 0.2) is 109 Å². The lowest BCUT2D eigenvalue weighted by Crippen LogP contribution is -2.26. The fourth-order valence-corrected chi connectivity index (χ4v) is 6.28. The van der Waals surface area contributed by atoms with Crippen molar-refractivity contribution in [2.75, 3.05) is 11.9 Å². The van der Waals surface area contributed by atoms with Gasteiger partial charge in [0.25, 0.3) is 0 Å². The quantitative estimate of drug-likeness (QED) is 0.217. The molecule has 0 bridgehead atoms. The molecule has 0 saturated carbocycles. The van der Waals surface area contributed by atoms with Crippen LogP contribution < -0.4 is 4.90 Å². The van der Waals surface area contributed by atoms with Gasteiger partial charge in [-0.05, 0) is 58.7 Å². The Kier molecular flexibility index (Phi) is 4.98. The first-order valence-electron chi connectivity index (χ1n) is 13.6. The highest BCUT2D eigenvalue weighted by Gasteiger charge is 2.25. The number of likely N-dealkylation sites (N-methyl/N-ethyl adjacent to an activating group) is 1. The van der Waals surface area contributed by atoms with Gasteiger partial charge in [-0.15, -0.1) is 0 Å². The molecule has 0 N–H and O–H groups in total. The molecule has 0 aliphatic carbocycles. The van der Waals surface area contributed by atoms with E-state index in [1.807, 2.05) is 24.5 Å². The largest absolute Gasteiger partial charge is 0.362 e. The van der Waals surface area contributed by atoms with Crippen LogP contribution in [0.4, 0.5) is 5.69 Å². The number of hydrogen-bond donors (Lipinski definition) is 0. The average Bonchev–Trinajstić information content (AvgIpc) is 3.01. The number of nitrogens with zero attached hydrogens (tertiary/aromatic N) is 4. The van der Waals surface area contributed by atoms with Crippen LogP contribution in [0, 0.1) is 6.92 Å². The Balaban J connectivity index is 1.25. The van der Waals surface area contributed by atoms with E-state index in [0.717, 1.165) is 44.0 Å².